The second-order valence-electron chi connectivity index (χ2n) is 4.33. The summed E-state index contributed by atoms with van der Waals surface area (Å²) in [5.41, 5.74) is 8.45. The van der Waals surface area contributed by atoms with Crippen molar-refractivity contribution in [1.29, 1.82) is 0 Å². The SMILES string of the molecule is NC(Cc1nc(-c2cccs2)cs1)c1ccccc1. The maximum Gasteiger partial charge on any atom is 0.0951 e. The minimum Gasteiger partial charge on any atom is -0.324 e. The number of thiazole rings is 1. The summed E-state index contributed by atoms with van der Waals surface area (Å²) < 4.78 is 0. The van der Waals surface area contributed by atoms with Gasteiger partial charge in [-0.3, -0.25) is 0 Å². The summed E-state index contributed by atoms with van der Waals surface area (Å²) in [5.74, 6) is 0. The van der Waals surface area contributed by atoms with E-state index in [0.717, 1.165) is 22.7 Å². The summed E-state index contributed by atoms with van der Waals surface area (Å²) in [4.78, 5) is 5.89. The highest BCUT2D eigenvalue weighted by molar-refractivity contribution is 7.14. The number of aromatic nitrogens is 1. The summed E-state index contributed by atoms with van der Waals surface area (Å²) in [7, 11) is 0. The Morgan fingerprint density at radius 1 is 1.05 bits per heavy atom. The van der Waals surface area contributed by atoms with E-state index < -0.39 is 0 Å². The van der Waals surface area contributed by atoms with Crippen LogP contribution >= 0.6 is 22.7 Å². The monoisotopic (exact) mass is 286 g/mol. The third-order valence-corrected chi connectivity index (χ3v) is 4.71. The Bertz CT molecular complexity index is 629. The number of hydrogen-bond acceptors (Lipinski definition) is 4. The minimum absolute atomic E-state index is 0.0172. The lowest BCUT2D eigenvalue weighted by molar-refractivity contribution is 0.718. The van der Waals surface area contributed by atoms with E-state index in [1.807, 2.05) is 18.2 Å². The van der Waals surface area contributed by atoms with Gasteiger partial charge in [-0.1, -0.05) is 36.4 Å². The summed E-state index contributed by atoms with van der Waals surface area (Å²) in [6.07, 6.45) is 0.792. The third-order valence-electron chi connectivity index (χ3n) is 2.95. The van der Waals surface area contributed by atoms with E-state index in [1.165, 1.54) is 4.88 Å². The van der Waals surface area contributed by atoms with Gasteiger partial charge < -0.3 is 5.73 Å². The minimum atomic E-state index is 0.0172. The molecule has 0 saturated carbocycles. The van der Waals surface area contributed by atoms with Gasteiger partial charge in [-0.05, 0) is 17.0 Å². The van der Waals surface area contributed by atoms with Crippen LogP contribution in [0.5, 0.6) is 0 Å². The molecule has 0 radical (unpaired) electrons. The molecular weight excluding hydrogens is 272 g/mol. The van der Waals surface area contributed by atoms with Crippen molar-refractivity contribution >= 4 is 22.7 Å². The van der Waals surface area contributed by atoms with Gasteiger partial charge in [0.2, 0.25) is 0 Å². The zero-order chi connectivity index (χ0) is 13.1. The van der Waals surface area contributed by atoms with Crippen LogP contribution in [0.4, 0.5) is 0 Å². The number of hydrogen-bond donors (Lipinski definition) is 1. The van der Waals surface area contributed by atoms with Crippen molar-refractivity contribution < 1.29 is 0 Å². The molecule has 0 aliphatic rings. The van der Waals surface area contributed by atoms with Crippen molar-refractivity contribution in [1.82, 2.24) is 4.98 Å². The second-order valence-corrected chi connectivity index (χ2v) is 6.22. The highest BCUT2D eigenvalue weighted by atomic mass is 32.1. The molecule has 1 aromatic carbocycles. The zero-order valence-electron chi connectivity index (χ0n) is 10.3. The van der Waals surface area contributed by atoms with Crippen molar-refractivity contribution in [2.45, 2.75) is 12.5 Å². The van der Waals surface area contributed by atoms with Crippen LogP contribution in [0.3, 0.4) is 0 Å². The molecule has 96 valence electrons. The van der Waals surface area contributed by atoms with Crippen LogP contribution in [0.15, 0.2) is 53.2 Å². The number of thiophene rings is 1. The fourth-order valence-corrected chi connectivity index (χ4v) is 3.56. The second kappa shape index (κ2) is 5.65. The van der Waals surface area contributed by atoms with Crippen LogP contribution in [0, 0.1) is 0 Å². The van der Waals surface area contributed by atoms with Crippen LogP contribution in [0.1, 0.15) is 16.6 Å². The smallest absolute Gasteiger partial charge is 0.0951 e. The molecule has 2 nitrogen and oxygen atoms in total. The largest absolute Gasteiger partial charge is 0.324 e. The molecule has 0 spiro atoms. The predicted octanol–water partition coefficient (Wildman–Crippen LogP) is 4.11. The molecule has 2 aromatic heterocycles. The molecule has 0 bridgehead atoms. The lowest BCUT2D eigenvalue weighted by Gasteiger charge is -2.09. The van der Waals surface area contributed by atoms with Gasteiger partial charge in [0.25, 0.3) is 0 Å². The Hall–Kier alpha value is -1.49. The molecule has 1 unspecified atom stereocenters. The van der Waals surface area contributed by atoms with Gasteiger partial charge in [-0.2, -0.15) is 0 Å². The molecule has 3 rings (SSSR count). The van der Waals surface area contributed by atoms with Crippen LogP contribution in [-0.2, 0) is 6.42 Å². The Kier molecular flexibility index (Phi) is 3.73. The average molecular weight is 286 g/mol. The fraction of sp³-hybridized carbons (Fsp3) is 0.133. The molecule has 1 atom stereocenters. The van der Waals surface area contributed by atoms with Crippen molar-refractivity contribution in [3.63, 3.8) is 0 Å². The van der Waals surface area contributed by atoms with Crippen molar-refractivity contribution in [2.75, 3.05) is 0 Å². The van der Waals surface area contributed by atoms with Gasteiger partial charge in [0, 0.05) is 17.8 Å². The van der Waals surface area contributed by atoms with Gasteiger partial charge >= 0.3 is 0 Å². The van der Waals surface area contributed by atoms with E-state index in [9.17, 15) is 0 Å². The first-order valence-electron chi connectivity index (χ1n) is 6.12. The Labute approximate surface area is 120 Å². The lowest BCUT2D eigenvalue weighted by Crippen LogP contribution is -2.12. The summed E-state index contributed by atoms with van der Waals surface area (Å²) in [5, 5.41) is 5.28. The third kappa shape index (κ3) is 2.92. The Balaban J connectivity index is 1.74. The number of rotatable bonds is 4. The normalized spacial score (nSPS) is 12.5. The number of nitrogens with two attached hydrogens (primary N) is 1. The predicted molar refractivity (Wildman–Crippen MR) is 82.5 cm³/mol. The first-order valence-corrected chi connectivity index (χ1v) is 7.87. The molecule has 19 heavy (non-hydrogen) atoms. The summed E-state index contributed by atoms with van der Waals surface area (Å²) >= 11 is 3.40. The zero-order valence-corrected chi connectivity index (χ0v) is 12.0. The summed E-state index contributed by atoms with van der Waals surface area (Å²) in [6, 6.07) is 14.4. The standard InChI is InChI=1S/C15H14N2S2/c16-12(11-5-2-1-3-6-11)9-15-17-13(10-19-15)14-7-4-8-18-14/h1-8,10,12H,9,16H2. The first kappa shape index (κ1) is 12.5. The Morgan fingerprint density at radius 2 is 1.89 bits per heavy atom. The quantitative estimate of drug-likeness (QED) is 0.783. The number of benzene rings is 1. The fourth-order valence-electron chi connectivity index (χ4n) is 1.95. The van der Waals surface area contributed by atoms with E-state index >= 15 is 0 Å². The van der Waals surface area contributed by atoms with E-state index in [1.54, 1.807) is 22.7 Å². The van der Waals surface area contributed by atoms with Crippen LogP contribution < -0.4 is 5.73 Å². The molecule has 0 aliphatic carbocycles. The van der Waals surface area contributed by atoms with Crippen molar-refractivity contribution in [2.24, 2.45) is 5.73 Å². The molecule has 0 saturated heterocycles. The molecule has 3 aromatic rings. The van der Waals surface area contributed by atoms with E-state index in [2.05, 4.69) is 40.0 Å². The molecular formula is C15H14N2S2. The summed E-state index contributed by atoms with van der Waals surface area (Å²) in [6.45, 7) is 0. The number of nitrogens with zero attached hydrogens (tertiary/aromatic N) is 1. The molecule has 2 heterocycles. The van der Waals surface area contributed by atoms with Crippen LogP contribution in [0.25, 0.3) is 10.6 Å². The Morgan fingerprint density at radius 3 is 2.63 bits per heavy atom. The highest BCUT2D eigenvalue weighted by Gasteiger charge is 2.11. The molecule has 0 fully saturated rings. The van der Waals surface area contributed by atoms with Crippen molar-refractivity contribution in [3.8, 4) is 10.6 Å². The van der Waals surface area contributed by atoms with Gasteiger partial charge in [0.15, 0.2) is 0 Å². The molecule has 4 heteroatoms. The van der Waals surface area contributed by atoms with Gasteiger partial charge in [-0.25, -0.2) is 4.98 Å². The van der Waals surface area contributed by atoms with Crippen molar-refractivity contribution in [3.05, 3.63) is 63.8 Å². The maximum atomic E-state index is 6.22. The van der Waals surface area contributed by atoms with Crippen LogP contribution in [0.2, 0.25) is 0 Å². The lowest BCUT2D eigenvalue weighted by atomic mass is 10.1. The topological polar surface area (TPSA) is 38.9 Å². The molecule has 0 amide bonds. The van der Waals surface area contributed by atoms with Gasteiger partial charge in [0.1, 0.15) is 0 Å². The van der Waals surface area contributed by atoms with E-state index in [-0.39, 0.29) is 6.04 Å². The molecule has 2 N–H and O–H groups in total. The van der Waals surface area contributed by atoms with E-state index in [4.69, 9.17) is 5.73 Å². The maximum absolute atomic E-state index is 6.22. The highest BCUT2D eigenvalue weighted by Crippen LogP contribution is 2.27. The first-order chi connectivity index (χ1) is 9.33. The van der Waals surface area contributed by atoms with E-state index in [0.29, 0.717) is 0 Å². The van der Waals surface area contributed by atoms with Crippen LogP contribution in [-0.4, -0.2) is 4.98 Å². The van der Waals surface area contributed by atoms with Gasteiger partial charge in [-0.15, -0.1) is 22.7 Å². The molecule has 0 aliphatic heterocycles. The van der Waals surface area contributed by atoms with Gasteiger partial charge in [0.05, 0.1) is 15.6 Å². The average Bonchev–Trinajstić information content (AvgIpc) is 3.10.